The number of pyridine rings is 1. The summed E-state index contributed by atoms with van der Waals surface area (Å²) < 4.78 is 20.6. The zero-order valence-corrected chi connectivity index (χ0v) is 17.3. The Morgan fingerprint density at radius 1 is 1.00 bits per heavy atom. The molecule has 0 bridgehead atoms. The molecular weight excluding hydrogens is 395 g/mol. The number of morpholine rings is 1. The van der Waals surface area contributed by atoms with Gasteiger partial charge in [-0.3, -0.25) is 4.79 Å². The van der Waals surface area contributed by atoms with Gasteiger partial charge in [-0.05, 0) is 36.6 Å². The van der Waals surface area contributed by atoms with Gasteiger partial charge in [0.1, 0.15) is 11.6 Å². The van der Waals surface area contributed by atoms with E-state index >= 15 is 4.39 Å². The highest BCUT2D eigenvalue weighted by atomic mass is 19.1. The number of amides is 1. The number of fused-ring (bicyclic) bond motifs is 1. The molecule has 0 radical (unpaired) electrons. The Morgan fingerprint density at radius 2 is 1.74 bits per heavy atom. The first-order valence-electron chi connectivity index (χ1n) is 10.7. The number of anilines is 2. The molecule has 6 nitrogen and oxygen atoms in total. The molecule has 2 aromatic carbocycles. The Bertz CT molecular complexity index is 1140. The van der Waals surface area contributed by atoms with Crippen LogP contribution in [0.15, 0.2) is 42.5 Å². The minimum Gasteiger partial charge on any atom is -0.382 e. The molecule has 2 N–H and O–H groups in total. The van der Waals surface area contributed by atoms with Crippen molar-refractivity contribution >= 4 is 28.3 Å². The van der Waals surface area contributed by atoms with Crippen LogP contribution in [0.5, 0.6) is 0 Å². The minimum atomic E-state index is -0.416. The molecule has 2 saturated heterocycles. The van der Waals surface area contributed by atoms with E-state index < -0.39 is 5.82 Å². The van der Waals surface area contributed by atoms with Crippen LogP contribution < -0.4 is 10.6 Å². The van der Waals surface area contributed by atoms with Crippen molar-refractivity contribution < 1.29 is 13.9 Å². The highest BCUT2D eigenvalue weighted by Gasteiger charge is 2.24. The predicted molar refractivity (Wildman–Crippen MR) is 120 cm³/mol. The molecule has 160 valence electrons. The average Bonchev–Trinajstić information content (AvgIpc) is 3.33. The Balaban J connectivity index is 1.60. The lowest BCUT2D eigenvalue weighted by Gasteiger charge is -2.29. The molecule has 0 spiro atoms. The molecule has 0 aliphatic carbocycles. The highest BCUT2D eigenvalue weighted by Crippen LogP contribution is 2.34. The van der Waals surface area contributed by atoms with E-state index in [0.717, 1.165) is 50.1 Å². The topological polar surface area (TPSA) is 71.7 Å². The second-order valence-electron chi connectivity index (χ2n) is 8.06. The third-order valence-corrected chi connectivity index (χ3v) is 6.10. The number of likely N-dealkylation sites (tertiary alicyclic amines) is 1. The second kappa shape index (κ2) is 8.15. The van der Waals surface area contributed by atoms with E-state index in [2.05, 4.69) is 9.88 Å². The van der Waals surface area contributed by atoms with Crippen LogP contribution in [0.25, 0.3) is 22.0 Å². The van der Waals surface area contributed by atoms with Gasteiger partial charge >= 0.3 is 0 Å². The van der Waals surface area contributed by atoms with E-state index in [1.165, 1.54) is 6.07 Å². The van der Waals surface area contributed by atoms with E-state index in [-0.39, 0.29) is 5.91 Å². The number of carbonyl (C=O) groups excluding carboxylic acids is 1. The van der Waals surface area contributed by atoms with Crippen LogP contribution in [0.1, 0.15) is 23.2 Å². The fraction of sp³-hybridized carbons (Fsp3) is 0.333. The van der Waals surface area contributed by atoms with Gasteiger partial charge < -0.3 is 20.3 Å². The molecule has 2 aliphatic rings. The van der Waals surface area contributed by atoms with Crippen molar-refractivity contribution in [3.05, 3.63) is 53.8 Å². The van der Waals surface area contributed by atoms with Crippen LogP contribution in [0, 0.1) is 5.82 Å². The zero-order chi connectivity index (χ0) is 21.4. The van der Waals surface area contributed by atoms with Crippen molar-refractivity contribution in [3.63, 3.8) is 0 Å². The standard InChI is InChI=1S/C24H25FN4O2/c25-20-15-21-16(14-22(23(26)27-21)28-9-11-31-12-10-28)13-19(20)17-5-1-2-6-18(17)24(30)29-7-3-4-8-29/h1-2,5-6,13-15H,3-4,7-12H2,(H2,26,27). The highest BCUT2D eigenvalue weighted by molar-refractivity contribution is 6.02. The van der Waals surface area contributed by atoms with Gasteiger partial charge in [0.25, 0.3) is 5.91 Å². The van der Waals surface area contributed by atoms with Crippen molar-refractivity contribution in [1.29, 1.82) is 0 Å². The summed E-state index contributed by atoms with van der Waals surface area (Å²) in [5.41, 5.74) is 9.04. The van der Waals surface area contributed by atoms with Crippen LogP contribution in [0.3, 0.4) is 0 Å². The first-order valence-corrected chi connectivity index (χ1v) is 10.7. The molecule has 31 heavy (non-hydrogen) atoms. The first-order chi connectivity index (χ1) is 15.1. The molecule has 0 saturated carbocycles. The van der Waals surface area contributed by atoms with Crippen molar-refractivity contribution in [2.75, 3.05) is 50.0 Å². The predicted octanol–water partition coefficient (Wildman–Crippen LogP) is 3.70. The Hall–Kier alpha value is -3.19. The second-order valence-corrected chi connectivity index (χ2v) is 8.06. The van der Waals surface area contributed by atoms with Gasteiger partial charge in [0.15, 0.2) is 0 Å². The lowest BCUT2D eigenvalue weighted by atomic mass is 9.96. The monoisotopic (exact) mass is 420 g/mol. The van der Waals surface area contributed by atoms with E-state index in [1.807, 2.05) is 23.1 Å². The summed E-state index contributed by atoms with van der Waals surface area (Å²) >= 11 is 0. The number of ether oxygens (including phenoxy) is 1. The van der Waals surface area contributed by atoms with Gasteiger partial charge in [0, 0.05) is 48.8 Å². The quantitative estimate of drug-likeness (QED) is 0.700. The number of nitrogens with two attached hydrogens (primary N) is 1. The number of aromatic nitrogens is 1. The van der Waals surface area contributed by atoms with Crippen molar-refractivity contribution in [3.8, 4) is 11.1 Å². The zero-order valence-electron chi connectivity index (χ0n) is 17.3. The third-order valence-electron chi connectivity index (χ3n) is 6.10. The number of hydrogen-bond donors (Lipinski definition) is 1. The number of nitrogens with zero attached hydrogens (tertiary/aromatic N) is 3. The number of carbonyl (C=O) groups is 1. The molecule has 0 atom stereocenters. The van der Waals surface area contributed by atoms with Gasteiger partial charge in [0.05, 0.1) is 24.4 Å². The maximum atomic E-state index is 15.2. The number of halogens is 1. The Morgan fingerprint density at radius 3 is 2.52 bits per heavy atom. The van der Waals surface area contributed by atoms with E-state index in [1.54, 1.807) is 18.2 Å². The van der Waals surface area contributed by atoms with Gasteiger partial charge in [-0.2, -0.15) is 0 Å². The molecule has 2 fully saturated rings. The molecule has 7 heteroatoms. The number of benzene rings is 2. The van der Waals surface area contributed by atoms with Crippen LogP contribution in [-0.2, 0) is 4.74 Å². The first kappa shape index (κ1) is 19.8. The van der Waals surface area contributed by atoms with Gasteiger partial charge in [-0.15, -0.1) is 0 Å². The summed E-state index contributed by atoms with van der Waals surface area (Å²) in [6.07, 6.45) is 2.02. The number of rotatable bonds is 3. The molecule has 1 aromatic heterocycles. The average molecular weight is 420 g/mol. The molecular formula is C24H25FN4O2. The maximum Gasteiger partial charge on any atom is 0.254 e. The maximum absolute atomic E-state index is 15.2. The van der Waals surface area contributed by atoms with Crippen LogP contribution in [0.4, 0.5) is 15.9 Å². The van der Waals surface area contributed by atoms with Crippen molar-refractivity contribution in [2.24, 2.45) is 0 Å². The molecule has 1 amide bonds. The van der Waals surface area contributed by atoms with E-state index in [0.29, 0.717) is 41.2 Å². The van der Waals surface area contributed by atoms with Crippen molar-refractivity contribution in [1.82, 2.24) is 9.88 Å². The summed E-state index contributed by atoms with van der Waals surface area (Å²) in [4.78, 5) is 21.5. The van der Waals surface area contributed by atoms with Crippen molar-refractivity contribution in [2.45, 2.75) is 12.8 Å². The largest absolute Gasteiger partial charge is 0.382 e. The summed E-state index contributed by atoms with van der Waals surface area (Å²) in [5.74, 6) is -0.0802. The van der Waals surface area contributed by atoms with Gasteiger partial charge in [-0.1, -0.05) is 18.2 Å². The van der Waals surface area contributed by atoms with Gasteiger partial charge in [0.2, 0.25) is 0 Å². The van der Waals surface area contributed by atoms with Crippen LogP contribution >= 0.6 is 0 Å². The normalized spacial score (nSPS) is 16.8. The third kappa shape index (κ3) is 3.70. The van der Waals surface area contributed by atoms with Crippen LogP contribution in [-0.4, -0.2) is 55.2 Å². The molecule has 3 heterocycles. The number of hydrogen-bond acceptors (Lipinski definition) is 5. The van der Waals surface area contributed by atoms with E-state index in [4.69, 9.17) is 10.5 Å². The SMILES string of the molecule is Nc1nc2cc(F)c(-c3ccccc3C(=O)N3CCCC3)cc2cc1N1CCOCC1. The Kier molecular flexibility index (Phi) is 5.19. The van der Waals surface area contributed by atoms with Crippen LogP contribution in [0.2, 0.25) is 0 Å². The fourth-order valence-electron chi connectivity index (χ4n) is 4.46. The fourth-order valence-corrected chi connectivity index (χ4v) is 4.46. The molecule has 0 unspecified atom stereocenters. The Labute approximate surface area is 180 Å². The smallest absolute Gasteiger partial charge is 0.254 e. The summed E-state index contributed by atoms with van der Waals surface area (Å²) in [6.45, 7) is 4.24. The summed E-state index contributed by atoms with van der Waals surface area (Å²) in [5, 5.41) is 0.788. The summed E-state index contributed by atoms with van der Waals surface area (Å²) in [7, 11) is 0. The lowest BCUT2D eigenvalue weighted by molar-refractivity contribution is 0.0793. The van der Waals surface area contributed by atoms with Gasteiger partial charge in [-0.25, -0.2) is 9.37 Å². The van der Waals surface area contributed by atoms with E-state index in [9.17, 15) is 4.79 Å². The summed E-state index contributed by atoms with van der Waals surface area (Å²) in [6, 6.07) is 12.4. The minimum absolute atomic E-state index is 0.0444. The lowest BCUT2D eigenvalue weighted by Crippen LogP contribution is -2.36. The molecule has 2 aliphatic heterocycles. The molecule has 5 rings (SSSR count). The number of nitrogen functional groups attached to an aromatic ring is 1. The molecule has 3 aromatic rings.